The number of piperidine rings is 3. The average Bonchev–Trinajstić information content (AvgIpc) is 3.28. The summed E-state index contributed by atoms with van der Waals surface area (Å²) in [6, 6.07) is 22.5. The summed E-state index contributed by atoms with van der Waals surface area (Å²) in [5.41, 5.74) is 3.14. The third-order valence-corrected chi connectivity index (χ3v) is 12.5. The number of amides is 3. The molecule has 1 aromatic heterocycles. The molecule has 328 valence electrons. The first-order chi connectivity index (χ1) is 30.0. The summed E-state index contributed by atoms with van der Waals surface area (Å²) in [6.07, 6.45) is 0.901. The lowest BCUT2D eigenvalue weighted by Gasteiger charge is -2.43. The molecule has 1 unspecified atom stereocenters. The number of halogens is 3. The van der Waals surface area contributed by atoms with Gasteiger partial charge in [-0.25, -0.2) is 4.98 Å². The van der Waals surface area contributed by atoms with Crippen LogP contribution in [-0.4, -0.2) is 120 Å². The summed E-state index contributed by atoms with van der Waals surface area (Å²) in [6.45, 7) is 7.08. The molecular formula is C45H53F3N10O4. The minimum absolute atomic E-state index is 0.00568. The number of carbonyl (C=O) groups is 3. The number of rotatable bonds is 12. The van der Waals surface area contributed by atoms with Crippen molar-refractivity contribution in [2.24, 2.45) is 0 Å². The number of ether oxygens (including phenoxy) is 1. The Morgan fingerprint density at radius 3 is 2.24 bits per heavy atom. The number of piperazine rings is 1. The molecule has 4 fully saturated rings. The highest BCUT2D eigenvalue weighted by Crippen LogP contribution is 2.37. The molecule has 4 saturated heterocycles. The van der Waals surface area contributed by atoms with Gasteiger partial charge in [0.1, 0.15) is 23.2 Å². The second-order valence-corrected chi connectivity index (χ2v) is 16.4. The van der Waals surface area contributed by atoms with Crippen LogP contribution in [0.5, 0.6) is 5.75 Å². The van der Waals surface area contributed by atoms with E-state index in [1.807, 2.05) is 35.2 Å². The van der Waals surface area contributed by atoms with Gasteiger partial charge in [-0.2, -0.15) is 18.2 Å². The first kappa shape index (κ1) is 42.7. The van der Waals surface area contributed by atoms with Crippen LogP contribution in [0.1, 0.15) is 55.6 Å². The van der Waals surface area contributed by atoms with Gasteiger partial charge in [0.05, 0.1) is 19.3 Å². The Balaban J connectivity index is 0.768. The second-order valence-electron chi connectivity index (χ2n) is 16.4. The number of benzene rings is 3. The summed E-state index contributed by atoms with van der Waals surface area (Å²) in [5.74, 6) is 0.273. The van der Waals surface area contributed by atoms with Crippen molar-refractivity contribution in [2.75, 3.05) is 86.9 Å². The number of anilines is 6. The molecule has 14 nitrogen and oxygen atoms in total. The van der Waals surface area contributed by atoms with E-state index >= 15 is 0 Å². The van der Waals surface area contributed by atoms with E-state index in [2.05, 4.69) is 58.1 Å². The van der Waals surface area contributed by atoms with E-state index in [9.17, 15) is 27.6 Å². The highest BCUT2D eigenvalue weighted by molar-refractivity contribution is 6.01. The summed E-state index contributed by atoms with van der Waals surface area (Å²) in [4.78, 5) is 54.2. The van der Waals surface area contributed by atoms with Gasteiger partial charge in [-0.15, -0.1) is 0 Å². The van der Waals surface area contributed by atoms with E-state index in [0.29, 0.717) is 48.5 Å². The largest absolute Gasteiger partial charge is 0.494 e. The molecule has 4 aliphatic rings. The van der Waals surface area contributed by atoms with Crippen molar-refractivity contribution in [3.05, 3.63) is 90.1 Å². The van der Waals surface area contributed by atoms with E-state index in [4.69, 9.17) is 4.74 Å². The minimum atomic E-state index is -4.64. The molecule has 3 aromatic carbocycles. The van der Waals surface area contributed by atoms with Crippen LogP contribution in [0.15, 0.2) is 79.0 Å². The van der Waals surface area contributed by atoms with E-state index in [1.54, 1.807) is 37.4 Å². The first-order valence-corrected chi connectivity index (χ1v) is 21.4. The van der Waals surface area contributed by atoms with Gasteiger partial charge in [-0.05, 0) is 93.1 Å². The van der Waals surface area contributed by atoms with Crippen LogP contribution in [0.4, 0.5) is 47.7 Å². The Labute approximate surface area is 359 Å². The van der Waals surface area contributed by atoms with Crippen LogP contribution in [0, 0.1) is 0 Å². The molecule has 62 heavy (non-hydrogen) atoms. The lowest BCUT2D eigenvalue weighted by Crippen LogP contribution is -2.55. The first-order valence-electron chi connectivity index (χ1n) is 21.4. The predicted octanol–water partition coefficient (Wildman–Crippen LogP) is 6.20. The Bertz CT molecular complexity index is 2190. The second kappa shape index (κ2) is 19.0. The molecule has 3 amide bonds. The van der Waals surface area contributed by atoms with Gasteiger partial charge in [-0.1, -0.05) is 30.3 Å². The molecule has 0 bridgehead atoms. The zero-order valence-corrected chi connectivity index (χ0v) is 34.8. The maximum absolute atomic E-state index is 13.8. The highest BCUT2D eigenvalue weighted by Gasteiger charge is 2.36. The maximum Gasteiger partial charge on any atom is 0.421 e. The maximum atomic E-state index is 13.8. The molecule has 4 aliphatic heterocycles. The third kappa shape index (κ3) is 10.4. The van der Waals surface area contributed by atoms with Gasteiger partial charge in [0.25, 0.3) is 0 Å². The van der Waals surface area contributed by atoms with Crippen molar-refractivity contribution in [1.82, 2.24) is 30.0 Å². The van der Waals surface area contributed by atoms with Crippen LogP contribution in [0.25, 0.3) is 0 Å². The highest BCUT2D eigenvalue weighted by atomic mass is 19.4. The number of hydrogen-bond donors (Lipinski definition) is 4. The molecule has 0 saturated carbocycles. The fourth-order valence-electron chi connectivity index (χ4n) is 8.93. The molecule has 8 rings (SSSR count). The molecule has 4 N–H and O–H groups in total. The fourth-order valence-corrected chi connectivity index (χ4v) is 8.93. The van der Waals surface area contributed by atoms with Crippen molar-refractivity contribution in [3.8, 4) is 5.75 Å². The van der Waals surface area contributed by atoms with Gasteiger partial charge in [0, 0.05) is 81.1 Å². The molecule has 0 spiro atoms. The number of para-hydroxylation sites is 1. The van der Waals surface area contributed by atoms with E-state index in [1.165, 1.54) is 5.56 Å². The molecular weight excluding hydrogens is 802 g/mol. The van der Waals surface area contributed by atoms with Crippen LogP contribution in [0.2, 0.25) is 0 Å². The molecule has 17 heteroatoms. The zero-order valence-electron chi connectivity index (χ0n) is 34.8. The topological polar surface area (TPSA) is 147 Å². The van der Waals surface area contributed by atoms with Crippen molar-refractivity contribution < 1.29 is 32.3 Å². The van der Waals surface area contributed by atoms with Gasteiger partial charge in [0.15, 0.2) is 0 Å². The van der Waals surface area contributed by atoms with Crippen LogP contribution in [0.3, 0.4) is 0 Å². The van der Waals surface area contributed by atoms with Gasteiger partial charge in [-0.3, -0.25) is 29.5 Å². The van der Waals surface area contributed by atoms with Crippen LogP contribution < -0.4 is 30.9 Å². The number of carbonyl (C=O) groups excluding carboxylic acids is 3. The van der Waals surface area contributed by atoms with Crippen molar-refractivity contribution in [1.29, 1.82) is 0 Å². The Kier molecular flexibility index (Phi) is 13.1. The average molecular weight is 855 g/mol. The summed E-state index contributed by atoms with van der Waals surface area (Å²) >= 11 is 0. The molecule has 4 aromatic rings. The monoisotopic (exact) mass is 854 g/mol. The Hall–Kier alpha value is -5.94. The lowest BCUT2D eigenvalue weighted by molar-refractivity contribution is -0.137. The normalized spacial score (nSPS) is 19.8. The van der Waals surface area contributed by atoms with E-state index < -0.39 is 17.8 Å². The number of nitrogens with one attached hydrogen (secondary N) is 4. The number of likely N-dealkylation sites (tertiary alicyclic amines) is 1. The summed E-state index contributed by atoms with van der Waals surface area (Å²) < 4.78 is 47.1. The molecule has 1 atom stereocenters. The molecule has 5 heterocycles. The number of hydrogen-bond acceptors (Lipinski definition) is 12. The number of aromatic nitrogens is 2. The fraction of sp³-hybridized carbons (Fsp3) is 0.444. The van der Waals surface area contributed by atoms with Crippen molar-refractivity contribution in [3.63, 3.8) is 0 Å². The van der Waals surface area contributed by atoms with E-state index in [0.717, 1.165) is 95.6 Å². The number of methoxy groups -OCH3 is 1. The van der Waals surface area contributed by atoms with Gasteiger partial charge in [0.2, 0.25) is 23.7 Å². The van der Waals surface area contributed by atoms with Crippen LogP contribution >= 0.6 is 0 Å². The van der Waals surface area contributed by atoms with Gasteiger partial charge >= 0.3 is 6.18 Å². The quantitative estimate of drug-likeness (QED) is 0.120. The molecule has 0 radical (unpaired) electrons. The predicted molar refractivity (Wildman–Crippen MR) is 231 cm³/mol. The summed E-state index contributed by atoms with van der Waals surface area (Å²) in [7, 11) is 1.55. The smallest absolute Gasteiger partial charge is 0.421 e. The zero-order chi connectivity index (χ0) is 43.2. The standard InChI is InChI=1S/C45H53F3N10O4/c1-62-39-27-35(11-12-37(39)52-44-49-28-36(45(46,47)48)42(54-44)51-32-5-3-2-4-6-32)56-21-17-34(18-22-56)57-23-25-58(26-24-57)41(60)29-55-19-15-31(16-20-55)30-7-9-33(10-8-30)50-38-13-14-40(59)53-43(38)61/h2-12,27-28,31,34,38,50H,13-26,29H2,1H3,(H,53,59,61)(H2,49,51,52,54). The lowest BCUT2D eigenvalue weighted by atomic mass is 9.89. The third-order valence-electron chi connectivity index (χ3n) is 12.5. The van der Waals surface area contributed by atoms with Crippen LogP contribution in [-0.2, 0) is 20.6 Å². The minimum Gasteiger partial charge on any atom is -0.494 e. The number of imide groups is 1. The summed E-state index contributed by atoms with van der Waals surface area (Å²) in [5, 5.41) is 11.4. The Morgan fingerprint density at radius 2 is 1.56 bits per heavy atom. The number of nitrogens with zero attached hydrogens (tertiary/aromatic N) is 6. The Morgan fingerprint density at radius 1 is 0.839 bits per heavy atom. The van der Waals surface area contributed by atoms with Crippen molar-refractivity contribution in [2.45, 2.75) is 62.7 Å². The molecule has 0 aliphatic carbocycles. The SMILES string of the molecule is COc1cc(N2CCC(N3CCN(C(=O)CN4CCC(c5ccc(NC6CCC(=O)NC6=O)cc5)CC4)CC3)CC2)ccc1Nc1ncc(C(F)(F)F)c(Nc2ccccc2)n1. The van der Waals surface area contributed by atoms with E-state index in [-0.39, 0.29) is 29.5 Å². The van der Waals surface area contributed by atoms with Crippen molar-refractivity contribution >= 4 is 52.2 Å². The number of alkyl halides is 3. The van der Waals surface area contributed by atoms with Gasteiger partial charge < -0.3 is 30.5 Å².